The molecular weight excluding hydrogens is 258 g/mol. The summed E-state index contributed by atoms with van der Waals surface area (Å²) in [6.45, 7) is 8.75. The molecule has 0 aliphatic heterocycles. The molecule has 0 saturated heterocycles. The van der Waals surface area contributed by atoms with Gasteiger partial charge in [0.05, 0.1) is 11.4 Å². The molecule has 1 aromatic carbocycles. The van der Waals surface area contributed by atoms with Gasteiger partial charge in [-0.05, 0) is 50.5 Å². The normalized spacial score (nSPS) is 12.2. The van der Waals surface area contributed by atoms with Gasteiger partial charge in [0.15, 0.2) is 0 Å². The molecular formula is C18H25N3. The molecule has 1 heterocycles. The highest BCUT2D eigenvalue weighted by Crippen LogP contribution is 2.20. The molecule has 1 aromatic heterocycles. The smallest absolute Gasteiger partial charge is 0.130 e. The molecule has 3 nitrogen and oxygen atoms in total. The maximum Gasteiger partial charge on any atom is 0.130 e. The van der Waals surface area contributed by atoms with Gasteiger partial charge in [-0.1, -0.05) is 32.0 Å². The van der Waals surface area contributed by atoms with E-state index in [1.165, 1.54) is 0 Å². The van der Waals surface area contributed by atoms with E-state index in [4.69, 9.17) is 0 Å². The number of para-hydroxylation sites is 1. The molecule has 0 bridgehead atoms. The molecule has 1 atom stereocenters. The Balaban J connectivity index is 2.03. The third kappa shape index (κ3) is 4.78. The summed E-state index contributed by atoms with van der Waals surface area (Å²) in [6.07, 6.45) is 1.16. The molecule has 2 aromatic rings. The third-order valence-electron chi connectivity index (χ3n) is 3.36. The van der Waals surface area contributed by atoms with Gasteiger partial charge in [-0.3, -0.25) is 0 Å². The number of aryl methyl sites for hydroxylation is 1. The van der Waals surface area contributed by atoms with E-state index in [9.17, 15) is 0 Å². The molecule has 0 fully saturated rings. The summed E-state index contributed by atoms with van der Waals surface area (Å²) in [5.74, 6) is 1.57. The van der Waals surface area contributed by atoms with E-state index in [-0.39, 0.29) is 0 Å². The highest BCUT2D eigenvalue weighted by Gasteiger charge is 2.08. The summed E-state index contributed by atoms with van der Waals surface area (Å²) in [7, 11) is 0. The fourth-order valence-corrected chi connectivity index (χ4v) is 2.48. The zero-order valence-corrected chi connectivity index (χ0v) is 13.4. The van der Waals surface area contributed by atoms with Gasteiger partial charge < -0.3 is 10.6 Å². The number of rotatable bonds is 6. The zero-order chi connectivity index (χ0) is 15.2. The average Bonchev–Trinajstić information content (AvgIpc) is 2.42. The van der Waals surface area contributed by atoms with Crippen LogP contribution in [-0.2, 0) is 0 Å². The molecule has 0 spiro atoms. The van der Waals surface area contributed by atoms with Gasteiger partial charge in [0.25, 0.3) is 0 Å². The molecule has 0 radical (unpaired) electrons. The van der Waals surface area contributed by atoms with Crippen LogP contribution in [0, 0.1) is 12.8 Å². The van der Waals surface area contributed by atoms with Crippen molar-refractivity contribution in [3.63, 3.8) is 0 Å². The lowest BCUT2D eigenvalue weighted by atomic mass is 10.1. The van der Waals surface area contributed by atoms with Gasteiger partial charge in [0.1, 0.15) is 5.82 Å². The molecule has 112 valence electrons. The summed E-state index contributed by atoms with van der Waals surface area (Å²) in [5, 5.41) is 6.86. The lowest BCUT2D eigenvalue weighted by Crippen LogP contribution is -2.18. The van der Waals surface area contributed by atoms with Crippen LogP contribution in [0.5, 0.6) is 0 Å². The molecule has 2 N–H and O–H groups in total. The van der Waals surface area contributed by atoms with E-state index >= 15 is 0 Å². The van der Waals surface area contributed by atoms with Gasteiger partial charge in [-0.15, -0.1) is 0 Å². The van der Waals surface area contributed by atoms with Crippen LogP contribution in [0.1, 0.15) is 32.9 Å². The molecule has 1 unspecified atom stereocenters. The Labute approximate surface area is 127 Å². The topological polar surface area (TPSA) is 37.0 Å². The number of pyridine rings is 1. The molecule has 0 amide bonds. The summed E-state index contributed by atoms with van der Waals surface area (Å²) < 4.78 is 0. The fraction of sp³-hybridized carbons (Fsp3) is 0.389. The minimum absolute atomic E-state index is 0.457. The predicted octanol–water partition coefficient (Wildman–Crippen LogP) is 4.98. The Hall–Kier alpha value is -2.03. The van der Waals surface area contributed by atoms with Gasteiger partial charge in [-0.2, -0.15) is 0 Å². The van der Waals surface area contributed by atoms with Crippen LogP contribution >= 0.6 is 0 Å². The van der Waals surface area contributed by atoms with Crippen LogP contribution in [-0.4, -0.2) is 11.0 Å². The van der Waals surface area contributed by atoms with E-state index in [1.54, 1.807) is 0 Å². The second-order valence-electron chi connectivity index (χ2n) is 6.00. The number of hydrogen-bond donors (Lipinski definition) is 2. The first-order valence-corrected chi connectivity index (χ1v) is 7.61. The first-order chi connectivity index (χ1) is 10.0. The quantitative estimate of drug-likeness (QED) is 0.785. The summed E-state index contributed by atoms with van der Waals surface area (Å²) in [6, 6.07) is 14.7. The molecule has 2 rings (SSSR count). The van der Waals surface area contributed by atoms with Gasteiger partial charge in [0, 0.05) is 11.7 Å². The third-order valence-corrected chi connectivity index (χ3v) is 3.36. The Morgan fingerprint density at radius 2 is 1.71 bits per heavy atom. The Morgan fingerprint density at radius 3 is 2.33 bits per heavy atom. The van der Waals surface area contributed by atoms with E-state index in [0.29, 0.717) is 12.0 Å². The highest BCUT2D eigenvalue weighted by atomic mass is 15.0. The summed E-state index contributed by atoms with van der Waals surface area (Å²) in [4.78, 5) is 4.63. The van der Waals surface area contributed by atoms with Crippen LogP contribution < -0.4 is 10.6 Å². The SMILES string of the molecule is Cc1nc(Nc2ccccc2)ccc1NC(C)CC(C)C. The van der Waals surface area contributed by atoms with Crippen molar-refractivity contribution in [1.29, 1.82) is 0 Å². The molecule has 0 saturated carbocycles. The lowest BCUT2D eigenvalue weighted by molar-refractivity contribution is 0.539. The number of benzene rings is 1. The van der Waals surface area contributed by atoms with E-state index in [2.05, 4.69) is 42.5 Å². The Kier molecular flexibility index (Phi) is 5.20. The Morgan fingerprint density at radius 1 is 1.00 bits per heavy atom. The maximum atomic E-state index is 4.63. The van der Waals surface area contributed by atoms with E-state index in [1.807, 2.05) is 43.3 Å². The van der Waals surface area contributed by atoms with Crippen LogP contribution in [0.4, 0.5) is 17.2 Å². The number of anilines is 3. The predicted molar refractivity (Wildman–Crippen MR) is 91.2 cm³/mol. The number of hydrogen-bond acceptors (Lipinski definition) is 3. The van der Waals surface area contributed by atoms with Crippen molar-refractivity contribution in [3.05, 3.63) is 48.2 Å². The minimum Gasteiger partial charge on any atom is -0.381 e. The standard InChI is InChI=1S/C18H25N3/c1-13(2)12-14(3)19-17-10-11-18(20-15(17)4)21-16-8-6-5-7-9-16/h5-11,13-14,19H,12H2,1-4H3,(H,20,21). The number of nitrogens with zero attached hydrogens (tertiary/aromatic N) is 1. The maximum absolute atomic E-state index is 4.63. The van der Waals surface area contributed by atoms with Crippen LogP contribution in [0.2, 0.25) is 0 Å². The zero-order valence-electron chi connectivity index (χ0n) is 13.4. The molecule has 0 aliphatic rings. The second-order valence-corrected chi connectivity index (χ2v) is 6.00. The monoisotopic (exact) mass is 283 g/mol. The van der Waals surface area contributed by atoms with E-state index in [0.717, 1.165) is 29.3 Å². The minimum atomic E-state index is 0.457. The van der Waals surface area contributed by atoms with Crippen LogP contribution in [0.25, 0.3) is 0 Å². The van der Waals surface area contributed by atoms with Crippen LogP contribution in [0.15, 0.2) is 42.5 Å². The molecule has 0 aliphatic carbocycles. The van der Waals surface area contributed by atoms with Crippen LogP contribution in [0.3, 0.4) is 0 Å². The summed E-state index contributed by atoms with van der Waals surface area (Å²) >= 11 is 0. The first kappa shape index (κ1) is 15.4. The van der Waals surface area contributed by atoms with Crippen molar-refractivity contribution in [2.24, 2.45) is 5.92 Å². The Bertz CT molecular complexity index is 564. The fourth-order valence-electron chi connectivity index (χ4n) is 2.48. The van der Waals surface area contributed by atoms with Crippen molar-refractivity contribution in [2.75, 3.05) is 10.6 Å². The lowest BCUT2D eigenvalue weighted by Gasteiger charge is -2.19. The van der Waals surface area contributed by atoms with Crippen molar-refractivity contribution >= 4 is 17.2 Å². The van der Waals surface area contributed by atoms with Gasteiger partial charge in [0.2, 0.25) is 0 Å². The summed E-state index contributed by atoms with van der Waals surface area (Å²) in [5.41, 5.74) is 3.19. The second kappa shape index (κ2) is 7.11. The van der Waals surface area contributed by atoms with Crippen molar-refractivity contribution in [1.82, 2.24) is 4.98 Å². The molecule has 21 heavy (non-hydrogen) atoms. The van der Waals surface area contributed by atoms with Gasteiger partial charge >= 0.3 is 0 Å². The van der Waals surface area contributed by atoms with Gasteiger partial charge in [-0.25, -0.2) is 4.98 Å². The van der Waals surface area contributed by atoms with E-state index < -0.39 is 0 Å². The van der Waals surface area contributed by atoms with Crippen molar-refractivity contribution < 1.29 is 0 Å². The largest absolute Gasteiger partial charge is 0.381 e. The first-order valence-electron chi connectivity index (χ1n) is 7.61. The molecule has 3 heteroatoms. The average molecular weight is 283 g/mol. The highest BCUT2D eigenvalue weighted by molar-refractivity contribution is 5.59. The van der Waals surface area contributed by atoms with Crippen molar-refractivity contribution in [3.8, 4) is 0 Å². The number of nitrogens with one attached hydrogen (secondary N) is 2. The van der Waals surface area contributed by atoms with Crippen molar-refractivity contribution in [2.45, 2.75) is 40.2 Å². The number of aromatic nitrogens is 1.